The number of hydrogen-bond donors (Lipinski definition) is 0. The molecule has 0 unspecified atom stereocenters. The van der Waals surface area contributed by atoms with E-state index in [0.29, 0.717) is 5.69 Å². The summed E-state index contributed by atoms with van der Waals surface area (Å²) in [6.45, 7) is 1.89. The molecular weight excluding hydrogens is 275 g/mol. The van der Waals surface area contributed by atoms with E-state index in [1.807, 2.05) is 25.1 Å². The van der Waals surface area contributed by atoms with Gasteiger partial charge in [0.25, 0.3) is 5.91 Å². The normalized spacial score (nSPS) is 10.2. The van der Waals surface area contributed by atoms with Gasteiger partial charge in [0.05, 0.1) is 4.92 Å². The van der Waals surface area contributed by atoms with Crippen molar-refractivity contribution in [1.82, 2.24) is 0 Å². The smallest absolute Gasteiger partial charge is 0.305 e. The molecule has 5 nitrogen and oxygen atoms in total. The first kappa shape index (κ1) is 14.6. The zero-order valence-corrected chi connectivity index (χ0v) is 11.5. The standard InChI is InChI=1S/C15H13FN2O3/c1-10-4-3-5-12(8-10)17(2)15(19)11-6-7-13(16)14(9-11)18(20)21/h3-9H,1-2H3. The van der Waals surface area contributed by atoms with Crippen LogP contribution in [0.25, 0.3) is 0 Å². The van der Waals surface area contributed by atoms with Crippen molar-refractivity contribution in [1.29, 1.82) is 0 Å². The number of benzene rings is 2. The zero-order chi connectivity index (χ0) is 15.6. The number of rotatable bonds is 3. The fraction of sp³-hybridized carbons (Fsp3) is 0.133. The molecule has 0 heterocycles. The van der Waals surface area contributed by atoms with Crippen LogP contribution in [-0.4, -0.2) is 17.9 Å². The molecular formula is C15H13FN2O3. The van der Waals surface area contributed by atoms with Crippen molar-refractivity contribution in [3.8, 4) is 0 Å². The largest absolute Gasteiger partial charge is 0.311 e. The average Bonchev–Trinajstić information content (AvgIpc) is 2.46. The molecule has 0 fully saturated rings. The average molecular weight is 288 g/mol. The summed E-state index contributed by atoms with van der Waals surface area (Å²) in [5.41, 5.74) is 0.995. The molecule has 0 saturated heterocycles. The van der Waals surface area contributed by atoms with Gasteiger partial charge in [0, 0.05) is 24.4 Å². The van der Waals surface area contributed by atoms with E-state index in [0.717, 1.165) is 17.7 Å². The Morgan fingerprint density at radius 3 is 2.57 bits per heavy atom. The summed E-state index contributed by atoms with van der Waals surface area (Å²) < 4.78 is 13.3. The molecule has 21 heavy (non-hydrogen) atoms. The van der Waals surface area contributed by atoms with E-state index >= 15 is 0 Å². The highest BCUT2D eigenvalue weighted by Gasteiger charge is 2.20. The molecule has 0 aliphatic heterocycles. The van der Waals surface area contributed by atoms with Gasteiger partial charge in [0.2, 0.25) is 5.82 Å². The Hall–Kier alpha value is -2.76. The van der Waals surface area contributed by atoms with Crippen molar-refractivity contribution in [2.24, 2.45) is 0 Å². The molecule has 0 spiro atoms. The van der Waals surface area contributed by atoms with Gasteiger partial charge >= 0.3 is 5.69 Å². The lowest BCUT2D eigenvalue weighted by Gasteiger charge is -2.17. The maximum absolute atomic E-state index is 13.3. The number of nitrogens with zero attached hydrogens (tertiary/aromatic N) is 2. The SMILES string of the molecule is Cc1cccc(N(C)C(=O)c2ccc(F)c([N+](=O)[O-])c2)c1. The third-order valence-electron chi connectivity index (χ3n) is 3.08. The molecule has 0 atom stereocenters. The van der Waals surface area contributed by atoms with Crippen LogP contribution in [0.1, 0.15) is 15.9 Å². The first-order chi connectivity index (χ1) is 9.90. The maximum Gasteiger partial charge on any atom is 0.305 e. The summed E-state index contributed by atoms with van der Waals surface area (Å²) in [7, 11) is 1.56. The molecule has 0 bridgehead atoms. The summed E-state index contributed by atoms with van der Waals surface area (Å²) in [5, 5.41) is 10.7. The van der Waals surface area contributed by atoms with Crippen LogP contribution in [-0.2, 0) is 0 Å². The second kappa shape index (κ2) is 5.70. The second-order valence-corrected chi connectivity index (χ2v) is 4.63. The quantitative estimate of drug-likeness (QED) is 0.643. The molecule has 0 saturated carbocycles. The van der Waals surface area contributed by atoms with Gasteiger partial charge in [-0.25, -0.2) is 0 Å². The molecule has 0 N–H and O–H groups in total. The number of anilines is 1. The van der Waals surface area contributed by atoms with Gasteiger partial charge in [-0.3, -0.25) is 14.9 Å². The molecule has 2 aromatic carbocycles. The van der Waals surface area contributed by atoms with Gasteiger partial charge in [0.15, 0.2) is 0 Å². The zero-order valence-electron chi connectivity index (χ0n) is 11.5. The van der Waals surface area contributed by atoms with Crippen molar-refractivity contribution >= 4 is 17.3 Å². The number of amides is 1. The number of hydrogen-bond acceptors (Lipinski definition) is 3. The number of carbonyl (C=O) groups is 1. The molecule has 2 rings (SSSR count). The molecule has 0 aliphatic rings. The highest BCUT2D eigenvalue weighted by molar-refractivity contribution is 6.06. The van der Waals surface area contributed by atoms with Crippen LogP contribution in [0.2, 0.25) is 0 Å². The van der Waals surface area contributed by atoms with Crippen LogP contribution < -0.4 is 4.90 Å². The molecule has 0 aliphatic carbocycles. The summed E-state index contributed by atoms with van der Waals surface area (Å²) >= 11 is 0. The third-order valence-corrected chi connectivity index (χ3v) is 3.08. The van der Waals surface area contributed by atoms with Gasteiger partial charge in [0.1, 0.15) is 0 Å². The van der Waals surface area contributed by atoms with E-state index in [9.17, 15) is 19.3 Å². The molecule has 0 aromatic heterocycles. The first-order valence-electron chi connectivity index (χ1n) is 6.19. The summed E-state index contributed by atoms with van der Waals surface area (Å²) in [4.78, 5) is 23.6. The minimum absolute atomic E-state index is 0.0621. The fourth-order valence-corrected chi connectivity index (χ4v) is 1.93. The van der Waals surface area contributed by atoms with Crippen molar-refractivity contribution in [2.75, 3.05) is 11.9 Å². The molecule has 2 aromatic rings. The highest BCUT2D eigenvalue weighted by atomic mass is 19.1. The predicted molar refractivity (Wildman–Crippen MR) is 77.0 cm³/mol. The minimum Gasteiger partial charge on any atom is -0.311 e. The van der Waals surface area contributed by atoms with Crippen LogP contribution in [0.4, 0.5) is 15.8 Å². The number of nitro benzene ring substituents is 1. The Kier molecular flexibility index (Phi) is 3.98. The lowest BCUT2D eigenvalue weighted by atomic mass is 10.1. The predicted octanol–water partition coefficient (Wildman–Crippen LogP) is 3.32. The van der Waals surface area contributed by atoms with Crippen LogP contribution in [0.15, 0.2) is 42.5 Å². The Bertz CT molecular complexity index is 716. The van der Waals surface area contributed by atoms with Gasteiger partial charge in [-0.2, -0.15) is 4.39 Å². The Balaban J connectivity index is 2.36. The Morgan fingerprint density at radius 2 is 1.95 bits per heavy atom. The Labute approximate surface area is 120 Å². The summed E-state index contributed by atoms with van der Waals surface area (Å²) in [6, 6.07) is 10.4. The lowest BCUT2D eigenvalue weighted by Crippen LogP contribution is -2.26. The van der Waals surface area contributed by atoms with Crippen LogP contribution in [0.3, 0.4) is 0 Å². The fourth-order valence-electron chi connectivity index (χ4n) is 1.93. The van der Waals surface area contributed by atoms with E-state index in [1.54, 1.807) is 13.1 Å². The number of carbonyl (C=O) groups excluding carboxylic acids is 1. The summed E-state index contributed by atoms with van der Waals surface area (Å²) in [6.07, 6.45) is 0. The van der Waals surface area contributed by atoms with Crippen molar-refractivity contribution in [3.05, 3.63) is 69.5 Å². The van der Waals surface area contributed by atoms with E-state index in [4.69, 9.17) is 0 Å². The second-order valence-electron chi connectivity index (χ2n) is 4.63. The van der Waals surface area contributed by atoms with E-state index in [2.05, 4.69) is 0 Å². The van der Waals surface area contributed by atoms with Crippen molar-refractivity contribution < 1.29 is 14.1 Å². The van der Waals surface area contributed by atoms with Gasteiger partial charge in [-0.05, 0) is 36.8 Å². The first-order valence-corrected chi connectivity index (χ1v) is 6.19. The Morgan fingerprint density at radius 1 is 1.24 bits per heavy atom. The van der Waals surface area contributed by atoms with Crippen molar-refractivity contribution in [3.63, 3.8) is 0 Å². The topological polar surface area (TPSA) is 63.5 Å². The van der Waals surface area contributed by atoms with Crippen LogP contribution in [0, 0.1) is 22.9 Å². The lowest BCUT2D eigenvalue weighted by molar-refractivity contribution is -0.387. The third kappa shape index (κ3) is 3.05. The monoisotopic (exact) mass is 288 g/mol. The maximum atomic E-state index is 13.3. The molecule has 108 valence electrons. The van der Waals surface area contributed by atoms with Crippen molar-refractivity contribution in [2.45, 2.75) is 6.92 Å². The van der Waals surface area contributed by atoms with E-state index in [-0.39, 0.29) is 5.56 Å². The number of halogens is 1. The van der Waals surface area contributed by atoms with Crippen LogP contribution >= 0.6 is 0 Å². The van der Waals surface area contributed by atoms with Crippen LogP contribution in [0.5, 0.6) is 0 Å². The molecule has 1 amide bonds. The van der Waals surface area contributed by atoms with Gasteiger partial charge in [-0.1, -0.05) is 12.1 Å². The molecule has 0 radical (unpaired) electrons. The van der Waals surface area contributed by atoms with Gasteiger partial charge < -0.3 is 4.90 Å². The minimum atomic E-state index is -0.963. The van der Waals surface area contributed by atoms with E-state index in [1.165, 1.54) is 11.0 Å². The van der Waals surface area contributed by atoms with Gasteiger partial charge in [-0.15, -0.1) is 0 Å². The number of nitro groups is 1. The van der Waals surface area contributed by atoms with E-state index < -0.39 is 22.3 Å². The number of aryl methyl sites for hydroxylation is 1. The summed E-state index contributed by atoms with van der Waals surface area (Å²) in [5.74, 6) is -1.40. The highest BCUT2D eigenvalue weighted by Crippen LogP contribution is 2.22. The molecule has 6 heteroatoms.